The van der Waals surface area contributed by atoms with Gasteiger partial charge in [-0.2, -0.15) is 5.26 Å². The summed E-state index contributed by atoms with van der Waals surface area (Å²) in [6.07, 6.45) is 5.17. The quantitative estimate of drug-likeness (QED) is 0.826. The van der Waals surface area contributed by atoms with Crippen molar-refractivity contribution in [3.05, 3.63) is 24.3 Å². The Balaban J connectivity index is 1.95. The molecule has 0 bridgehead atoms. The molecule has 1 saturated heterocycles. The van der Waals surface area contributed by atoms with Gasteiger partial charge in [0.2, 0.25) is 11.5 Å². The fourth-order valence-electron chi connectivity index (χ4n) is 2.42. The monoisotopic (exact) mass is 280 g/mol. The average Bonchev–Trinajstić information content (AvgIpc) is 2.49. The first-order valence-electron chi connectivity index (χ1n) is 6.59. The first-order chi connectivity index (χ1) is 9.61. The standard InChI is InChI=1S/C14H17FN2O3/c15-12-3-1-2-6-14(12,10-16)20-11-4-7-17(8-5-11)13(19)9-18/h1-3,6,11-12,18H,4-5,7-9H2. The molecule has 2 rings (SSSR count). The van der Waals surface area contributed by atoms with Gasteiger partial charge in [0, 0.05) is 13.1 Å². The van der Waals surface area contributed by atoms with Crippen molar-refractivity contribution in [1.29, 1.82) is 5.26 Å². The maximum atomic E-state index is 13.9. The number of amides is 1. The molecule has 1 amide bonds. The Hall–Kier alpha value is -1.71. The van der Waals surface area contributed by atoms with Crippen molar-refractivity contribution in [2.45, 2.75) is 30.7 Å². The van der Waals surface area contributed by atoms with Crippen molar-refractivity contribution in [2.75, 3.05) is 19.7 Å². The van der Waals surface area contributed by atoms with Gasteiger partial charge in [0.1, 0.15) is 12.7 Å². The van der Waals surface area contributed by atoms with E-state index in [4.69, 9.17) is 9.84 Å². The highest BCUT2D eigenvalue weighted by atomic mass is 19.1. The van der Waals surface area contributed by atoms with Crippen LogP contribution in [0.1, 0.15) is 12.8 Å². The summed E-state index contributed by atoms with van der Waals surface area (Å²) in [5.74, 6) is -0.317. The molecule has 0 saturated carbocycles. The maximum Gasteiger partial charge on any atom is 0.248 e. The third kappa shape index (κ3) is 2.89. The Morgan fingerprint density at radius 2 is 2.20 bits per heavy atom. The first kappa shape index (κ1) is 14.7. The predicted octanol–water partition coefficient (Wildman–Crippen LogP) is 0.713. The molecular formula is C14H17FN2O3. The minimum Gasteiger partial charge on any atom is -0.387 e. The number of likely N-dealkylation sites (tertiary alicyclic amines) is 1. The van der Waals surface area contributed by atoms with Gasteiger partial charge in [0.15, 0.2) is 6.17 Å². The SMILES string of the molecule is N#CC1(OC2CCN(C(=O)CO)CC2)C=CC=CC1F. The molecule has 5 nitrogen and oxygen atoms in total. The van der Waals surface area contributed by atoms with Crippen molar-refractivity contribution in [1.82, 2.24) is 4.90 Å². The van der Waals surface area contributed by atoms with E-state index in [0.29, 0.717) is 25.9 Å². The Morgan fingerprint density at radius 1 is 1.50 bits per heavy atom. The molecule has 1 aliphatic carbocycles. The van der Waals surface area contributed by atoms with Gasteiger partial charge < -0.3 is 14.7 Å². The number of aliphatic hydroxyl groups excluding tert-OH is 1. The summed E-state index contributed by atoms with van der Waals surface area (Å²) in [4.78, 5) is 12.9. The number of piperidine rings is 1. The van der Waals surface area contributed by atoms with Gasteiger partial charge in [-0.15, -0.1) is 0 Å². The second kappa shape index (κ2) is 6.16. The second-order valence-electron chi connectivity index (χ2n) is 4.91. The summed E-state index contributed by atoms with van der Waals surface area (Å²) < 4.78 is 19.6. The van der Waals surface area contributed by atoms with Crippen molar-refractivity contribution >= 4 is 5.91 Å². The third-order valence-electron chi connectivity index (χ3n) is 3.61. The highest BCUT2D eigenvalue weighted by Gasteiger charge is 2.41. The largest absolute Gasteiger partial charge is 0.387 e. The lowest BCUT2D eigenvalue weighted by Crippen LogP contribution is -2.47. The van der Waals surface area contributed by atoms with Gasteiger partial charge in [-0.05, 0) is 25.0 Å². The topological polar surface area (TPSA) is 73.6 Å². The molecule has 0 aromatic rings. The number of allylic oxidation sites excluding steroid dienone is 2. The van der Waals surface area contributed by atoms with E-state index in [1.54, 1.807) is 17.1 Å². The lowest BCUT2D eigenvalue weighted by molar-refractivity contribution is -0.139. The number of hydrogen-bond acceptors (Lipinski definition) is 4. The summed E-state index contributed by atoms with van der Waals surface area (Å²) in [6, 6.07) is 1.90. The molecule has 0 aromatic carbocycles. The number of nitriles is 1. The smallest absolute Gasteiger partial charge is 0.248 e. The molecule has 1 heterocycles. The van der Waals surface area contributed by atoms with Crippen LogP contribution in [0, 0.1) is 11.3 Å². The molecule has 2 unspecified atom stereocenters. The zero-order chi connectivity index (χ0) is 14.6. The molecule has 0 radical (unpaired) electrons. The fraction of sp³-hybridized carbons (Fsp3) is 0.571. The van der Waals surface area contributed by atoms with Crippen LogP contribution in [0.5, 0.6) is 0 Å². The van der Waals surface area contributed by atoms with Gasteiger partial charge >= 0.3 is 0 Å². The Morgan fingerprint density at radius 3 is 2.75 bits per heavy atom. The molecule has 0 spiro atoms. The molecule has 1 aliphatic heterocycles. The Bertz CT molecular complexity index is 464. The van der Waals surface area contributed by atoms with Crippen LogP contribution in [-0.4, -0.2) is 53.5 Å². The lowest BCUT2D eigenvalue weighted by atomic mass is 9.93. The van der Waals surface area contributed by atoms with E-state index in [1.165, 1.54) is 12.2 Å². The van der Waals surface area contributed by atoms with E-state index < -0.39 is 18.4 Å². The summed E-state index contributed by atoms with van der Waals surface area (Å²) in [5, 5.41) is 18.0. The van der Waals surface area contributed by atoms with Gasteiger partial charge in [-0.25, -0.2) is 4.39 Å². The summed E-state index contributed by atoms with van der Waals surface area (Å²) in [5.41, 5.74) is -1.57. The summed E-state index contributed by atoms with van der Waals surface area (Å²) in [6.45, 7) is 0.387. The van der Waals surface area contributed by atoms with Gasteiger partial charge in [0.05, 0.1) is 6.10 Å². The van der Waals surface area contributed by atoms with Crippen LogP contribution in [0.25, 0.3) is 0 Å². The van der Waals surface area contributed by atoms with Crippen LogP contribution in [0.2, 0.25) is 0 Å². The highest BCUT2D eigenvalue weighted by Crippen LogP contribution is 2.29. The lowest BCUT2D eigenvalue weighted by Gasteiger charge is -2.36. The number of halogens is 1. The molecule has 1 N–H and O–H groups in total. The van der Waals surface area contributed by atoms with Crippen molar-refractivity contribution in [3.8, 4) is 6.07 Å². The van der Waals surface area contributed by atoms with Crippen LogP contribution >= 0.6 is 0 Å². The normalized spacial score (nSPS) is 30.2. The van der Waals surface area contributed by atoms with Crippen LogP contribution in [0.3, 0.4) is 0 Å². The van der Waals surface area contributed by atoms with Crippen LogP contribution in [-0.2, 0) is 9.53 Å². The molecular weight excluding hydrogens is 263 g/mol. The highest BCUT2D eigenvalue weighted by molar-refractivity contribution is 5.77. The fourth-order valence-corrected chi connectivity index (χ4v) is 2.42. The molecule has 2 aliphatic rings. The number of rotatable bonds is 3. The van der Waals surface area contributed by atoms with Crippen LogP contribution < -0.4 is 0 Å². The molecule has 6 heteroatoms. The van der Waals surface area contributed by atoms with Crippen LogP contribution in [0.15, 0.2) is 24.3 Å². The number of carbonyl (C=O) groups is 1. The summed E-state index contributed by atoms with van der Waals surface area (Å²) in [7, 11) is 0. The van der Waals surface area contributed by atoms with Crippen molar-refractivity contribution < 1.29 is 19.0 Å². The van der Waals surface area contributed by atoms with Crippen LogP contribution in [0.4, 0.5) is 4.39 Å². The maximum absolute atomic E-state index is 13.9. The van der Waals surface area contributed by atoms with E-state index in [-0.39, 0.29) is 12.0 Å². The third-order valence-corrected chi connectivity index (χ3v) is 3.61. The first-order valence-corrected chi connectivity index (χ1v) is 6.59. The number of ether oxygens (including phenoxy) is 1. The molecule has 108 valence electrons. The Labute approximate surface area is 116 Å². The number of nitrogens with zero attached hydrogens (tertiary/aromatic N) is 2. The van der Waals surface area contributed by atoms with E-state index in [0.717, 1.165) is 0 Å². The number of carbonyl (C=O) groups excluding carboxylic acids is 1. The minimum absolute atomic E-state index is 0.271. The zero-order valence-electron chi connectivity index (χ0n) is 11.0. The second-order valence-corrected chi connectivity index (χ2v) is 4.91. The summed E-state index contributed by atoms with van der Waals surface area (Å²) >= 11 is 0. The van der Waals surface area contributed by atoms with Gasteiger partial charge in [0.25, 0.3) is 0 Å². The van der Waals surface area contributed by atoms with E-state index >= 15 is 0 Å². The number of hydrogen-bond donors (Lipinski definition) is 1. The van der Waals surface area contributed by atoms with Gasteiger partial charge in [-0.3, -0.25) is 4.79 Å². The zero-order valence-corrected chi connectivity index (χ0v) is 11.0. The van der Waals surface area contributed by atoms with E-state index in [2.05, 4.69) is 0 Å². The predicted molar refractivity (Wildman–Crippen MR) is 69.3 cm³/mol. The molecule has 1 fully saturated rings. The van der Waals surface area contributed by atoms with Gasteiger partial charge in [-0.1, -0.05) is 12.2 Å². The molecule has 2 atom stereocenters. The molecule has 20 heavy (non-hydrogen) atoms. The van der Waals surface area contributed by atoms with Crippen molar-refractivity contribution in [2.24, 2.45) is 0 Å². The minimum atomic E-state index is -1.57. The number of alkyl halides is 1. The van der Waals surface area contributed by atoms with E-state index in [9.17, 15) is 14.4 Å². The average molecular weight is 280 g/mol. The number of aliphatic hydroxyl groups is 1. The molecule has 0 aromatic heterocycles. The van der Waals surface area contributed by atoms with E-state index in [1.807, 2.05) is 6.07 Å². The van der Waals surface area contributed by atoms with Crippen molar-refractivity contribution in [3.63, 3.8) is 0 Å². The Kier molecular flexibility index (Phi) is 4.53.